The average Bonchev–Trinajstić information content (AvgIpc) is 2.82. The van der Waals surface area contributed by atoms with Crippen molar-refractivity contribution in [2.24, 2.45) is 7.05 Å². The smallest absolute Gasteiger partial charge is 0.303 e. The first-order valence-electron chi connectivity index (χ1n) is 11.6. The minimum Gasteiger partial charge on any atom is -0.384 e. The molecule has 0 bridgehead atoms. The zero-order valence-corrected chi connectivity index (χ0v) is 22.8. The van der Waals surface area contributed by atoms with Gasteiger partial charge in [-0.15, -0.1) is 0 Å². The lowest BCUT2D eigenvalue weighted by Gasteiger charge is -2.30. The highest BCUT2D eigenvalue weighted by atomic mass is 79.9. The fourth-order valence-electron chi connectivity index (χ4n) is 4.13. The molecule has 0 aliphatic carbocycles. The molecule has 11 heteroatoms. The lowest BCUT2D eigenvalue weighted by molar-refractivity contribution is -0.170. The minimum atomic E-state index is -3.86. The van der Waals surface area contributed by atoms with E-state index in [2.05, 4.69) is 31.2 Å². The Kier molecular flexibility index (Phi) is 7.13. The van der Waals surface area contributed by atoms with E-state index in [1.807, 2.05) is 0 Å². The van der Waals surface area contributed by atoms with Gasteiger partial charge in [0.25, 0.3) is 0 Å². The number of anilines is 1. The quantitative estimate of drug-likeness (QED) is 0.254. The molecule has 2 N–H and O–H groups in total. The SMILES string of the molecule is Cc1nc(NC(C)c2cccc(C(F)(F)C(C)(C)O)c2F)c2cc(-c3ccc(=O)n(C)c3)c(Br)c(F)c2n1. The maximum absolute atomic E-state index is 15.5. The molecule has 0 amide bonds. The molecule has 0 aliphatic heterocycles. The molecule has 0 fully saturated rings. The Morgan fingerprint density at radius 1 is 1.11 bits per heavy atom. The summed E-state index contributed by atoms with van der Waals surface area (Å²) in [6.45, 7) is 4.93. The number of rotatable bonds is 6. The van der Waals surface area contributed by atoms with Crippen molar-refractivity contribution in [2.75, 3.05) is 5.32 Å². The maximum Gasteiger partial charge on any atom is 0.303 e. The van der Waals surface area contributed by atoms with E-state index in [4.69, 9.17) is 0 Å². The van der Waals surface area contributed by atoms with E-state index in [0.717, 1.165) is 19.9 Å². The molecule has 0 radical (unpaired) electrons. The zero-order valence-electron chi connectivity index (χ0n) is 21.2. The number of hydrogen-bond acceptors (Lipinski definition) is 5. The molecule has 0 aliphatic rings. The monoisotopic (exact) mass is 592 g/mol. The lowest BCUT2D eigenvalue weighted by Crippen LogP contribution is -2.41. The molecule has 2 aromatic heterocycles. The van der Waals surface area contributed by atoms with Gasteiger partial charge in [0.1, 0.15) is 28.6 Å². The summed E-state index contributed by atoms with van der Waals surface area (Å²) in [5.41, 5.74) is -2.79. The van der Waals surface area contributed by atoms with E-state index < -0.39 is 34.8 Å². The molecule has 4 aromatic rings. The first kappa shape index (κ1) is 27.7. The van der Waals surface area contributed by atoms with Crippen LogP contribution >= 0.6 is 15.9 Å². The highest BCUT2D eigenvalue weighted by molar-refractivity contribution is 9.10. The largest absolute Gasteiger partial charge is 0.384 e. The number of aromatic nitrogens is 3. The Labute approximate surface area is 224 Å². The summed E-state index contributed by atoms with van der Waals surface area (Å²) in [7, 11) is 1.57. The van der Waals surface area contributed by atoms with Crippen LogP contribution in [0.1, 0.15) is 43.8 Å². The number of pyridine rings is 1. The Balaban J connectivity index is 1.84. The van der Waals surface area contributed by atoms with Gasteiger partial charge in [-0.1, -0.05) is 12.1 Å². The fraction of sp³-hybridized carbons (Fsp3) is 0.296. The summed E-state index contributed by atoms with van der Waals surface area (Å²) in [4.78, 5) is 20.4. The van der Waals surface area contributed by atoms with Crippen LogP contribution in [0.15, 0.2) is 51.9 Å². The van der Waals surface area contributed by atoms with Crippen LogP contribution in [0.25, 0.3) is 22.0 Å². The molecule has 38 heavy (non-hydrogen) atoms. The van der Waals surface area contributed by atoms with Gasteiger partial charge in [0.05, 0.1) is 16.1 Å². The summed E-state index contributed by atoms with van der Waals surface area (Å²) in [5.74, 6) is -5.29. The number of aryl methyl sites for hydroxylation is 2. The zero-order chi connectivity index (χ0) is 28.2. The minimum absolute atomic E-state index is 0.00423. The van der Waals surface area contributed by atoms with E-state index in [0.29, 0.717) is 11.1 Å². The van der Waals surface area contributed by atoms with Gasteiger partial charge in [-0.05, 0) is 67.4 Å². The Morgan fingerprint density at radius 2 is 1.79 bits per heavy atom. The number of benzene rings is 2. The molecule has 4 rings (SSSR count). The summed E-state index contributed by atoms with van der Waals surface area (Å²) >= 11 is 3.29. The van der Waals surface area contributed by atoms with Crippen LogP contribution < -0.4 is 10.9 Å². The number of nitrogens with zero attached hydrogens (tertiary/aromatic N) is 3. The van der Waals surface area contributed by atoms with Gasteiger partial charge in [0.2, 0.25) is 5.56 Å². The molecule has 200 valence electrons. The number of alkyl halides is 2. The third kappa shape index (κ3) is 4.80. The molecule has 0 saturated heterocycles. The Hall–Kier alpha value is -3.31. The van der Waals surface area contributed by atoms with Crippen LogP contribution in [0.3, 0.4) is 0 Å². The predicted molar refractivity (Wildman–Crippen MR) is 141 cm³/mol. The van der Waals surface area contributed by atoms with Crippen molar-refractivity contribution in [3.63, 3.8) is 0 Å². The Bertz CT molecular complexity index is 1620. The van der Waals surface area contributed by atoms with E-state index in [1.165, 1.54) is 22.8 Å². The number of halogens is 5. The Morgan fingerprint density at radius 3 is 2.42 bits per heavy atom. The second kappa shape index (κ2) is 9.77. The van der Waals surface area contributed by atoms with Crippen LogP contribution in [-0.2, 0) is 13.0 Å². The second-order valence-electron chi connectivity index (χ2n) is 9.64. The van der Waals surface area contributed by atoms with Gasteiger partial charge in [-0.3, -0.25) is 4.79 Å². The van der Waals surface area contributed by atoms with E-state index >= 15 is 8.78 Å². The summed E-state index contributed by atoms with van der Waals surface area (Å²) in [6, 6.07) is 7.23. The van der Waals surface area contributed by atoms with E-state index in [-0.39, 0.29) is 38.1 Å². The third-order valence-corrected chi connectivity index (χ3v) is 7.11. The summed E-state index contributed by atoms with van der Waals surface area (Å²) in [5, 5.41) is 13.2. The second-order valence-corrected chi connectivity index (χ2v) is 10.4. The molecule has 1 unspecified atom stereocenters. The van der Waals surface area contributed by atoms with Crippen molar-refractivity contribution in [3.05, 3.63) is 86.0 Å². The van der Waals surface area contributed by atoms with Gasteiger partial charge in [0, 0.05) is 35.8 Å². The molecule has 0 saturated carbocycles. The van der Waals surface area contributed by atoms with Crippen molar-refractivity contribution < 1.29 is 22.7 Å². The average molecular weight is 593 g/mol. The van der Waals surface area contributed by atoms with Crippen molar-refractivity contribution >= 4 is 32.7 Å². The van der Waals surface area contributed by atoms with Crippen LogP contribution in [-0.4, -0.2) is 25.2 Å². The predicted octanol–water partition coefficient (Wildman–Crippen LogP) is 6.38. The van der Waals surface area contributed by atoms with Crippen LogP contribution in [0.2, 0.25) is 0 Å². The molecular weight excluding hydrogens is 568 g/mol. The third-order valence-electron chi connectivity index (χ3n) is 6.34. The van der Waals surface area contributed by atoms with Gasteiger partial charge < -0.3 is 15.0 Å². The highest BCUT2D eigenvalue weighted by Gasteiger charge is 2.49. The van der Waals surface area contributed by atoms with Gasteiger partial charge in [-0.25, -0.2) is 18.7 Å². The normalized spacial score (nSPS) is 13.1. The van der Waals surface area contributed by atoms with Gasteiger partial charge >= 0.3 is 5.92 Å². The summed E-state index contributed by atoms with van der Waals surface area (Å²) < 4.78 is 61.9. The molecular formula is C27H25BrF4N4O2. The first-order chi connectivity index (χ1) is 17.6. The van der Waals surface area contributed by atoms with Crippen molar-refractivity contribution in [1.82, 2.24) is 14.5 Å². The molecule has 6 nitrogen and oxygen atoms in total. The van der Waals surface area contributed by atoms with Gasteiger partial charge in [0.15, 0.2) is 5.82 Å². The first-order valence-corrected chi connectivity index (χ1v) is 12.4. The van der Waals surface area contributed by atoms with Gasteiger partial charge in [-0.2, -0.15) is 8.78 Å². The van der Waals surface area contributed by atoms with Crippen LogP contribution in [0, 0.1) is 18.6 Å². The van der Waals surface area contributed by atoms with E-state index in [9.17, 15) is 18.7 Å². The molecule has 1 atom stereocenters. The van der Waals surface area contributed by atoms with Crippen molar-refractivity contribution in [3.8, 4) is 11.1 Å². The topological polar surface area (TPSA) is 80.0 Å². The lowest BCUT2D eigenvalue weighted by atomic mass is 9.91. The summed E-state index contributed by atoms with van der Waals surface area (Å²) in [6.07, 6.45) is 1.56. The standard InChI is InChI=1S/C27H25BrF4N4O2/c1-13(16-7-6-8-19(22(16)29)27(31,32)26(3,4)38)33-25-18-11-17(15-9-10-20(37)36(5)12-15)21(28)23(30)24(18)34-14(2)35-25/h6-13,38H,1-5H3,(H,33,34,35). The number of nitrogens with one attached hydrogen (secondary N) is 1. The maximum atomic E-state index is 15.5. The molecule has 2 heterocycles. The number of aliphatic hydroxyl groups is 1. The number of hydrogen-bond donors (Lipinski definition) is 2. The van der Waals surface area contributed by atoms with Crippen molar-refractivity contribution in [2.45, 2.75) is 45.3 Å². The van der Waals surface area contributed by atoms with E-state index in [1.54, 1.807) is 39.2 Å². The number of fused-ring (bicyclic) bond motifs is 1. The highest BCUT2D eigenvalue weighted by Crippen LogP contribution is 2.42. The van der Waals surface area contributed by atoms with Crippen molar-refractivity contribution in [1.29, 1.82) is 0 Å². The molecule has 0 spiro atoms. The fourth-order valence-corrected chi connectivity index (χ4v) is 4.66. The van der Waals surface area contributed by atoms with Crippen LogP contribution in [0.4, 0.5) is 23.4 Å². The van der Waals surface area contributed by atoms with Crippen LogP contribution in [0.5, 0.6) is 0 Å². The molecule has 2 aromatic carbocycles.